The quantitative estimate of drug-likeness (QED) is 0.530. The lowest BCUT2D eigenvalue weighted by Crippen LogP contribution is -2.42. The van der Waals surface area contributed by atoms with E-state index in [1.165, 1.54) is 12.0 Å². The molecule has 4 N–H and O–H groups in total. The Morgan fingerprint density at radius 2 is 2.16 bits per heavy atom. The van der Waals surface area contributed by atoms with Crippen molar-refractivity contribution < 1.29 is 4.74 Å². The Hall–Kier alpha value is -2.91. The van der Waals surface area contributed by atoms with Crippen molar-refractivity contribution in [1.82, 2.24) is 30.0 Å². The van der Waals surface area contributed by atoms with E-state index in [1.54, 1.807) is 13.3 Å². The first-order valence-corrected chi connectivity index (χ1v) is 10.9. The van der Waals surface area contributed by atoms with Crippen molar-refractivity contribution in [2.75, 3.05) is 31.2 Å². The molecule has 3 aromatic rings. The number of anilines is 2. The summed E-state index contributed by atoms with van der Waals surface area (Å²) in [5.74, 6) is 1.81. The number of hydrogen-bond donors (Lipinski definition) is 3. The maximum Gasteiger partial charge on any atom is 0.222 e. The maximum absolute atomic E-state index is 5.89. The number of nitrogens with zero attached hydrogens (tertiary/aromatic N) is 5. The van der Waals surface area contributed by atoms with Crippen LogP contribution >= 0.6 is 0 Å². The highest BCUT2D eigenvalue weighted by molar-refractivity contribution is 5.86. The van der Waals surface area contributed by atoms with Crippen molar-refractivity contribution in [3.05, 3.63) is 35.5 Å². The third-order valence-corrected chi connectivity index (χ3v) is 6.16. The van der Waals surface area contributed by atoms with Crippen LogP contribution in [0.15, 0.2) is 24.4 Å². The molecule has 31 heavy (non-hydrogen) atoms. The number of nitrogens with one attached hydrogen (secondary N) is 2. The minimum Gasteiger partial charge on any atom is -0.496 e. The second kappa shape index (κ2) is 7.97. The molecule has 4 heterocycles. The fourth-order valence-corrected chi connectivity index (χ4v) is 4.77. The Kier molecular flexibility index (Phi) is 5.15. The van der Waals surface area contributed by atoms with Crippen molar-refractivity contribution in [2.45, 2.75) is 51.5 Å². The van der Waals surface area contributed by atoms with Crippen LogP contribution in [0.5, 0.6) is 5.75 Å². The molecule has 0 aliphatic carbocycles. The van der Waals surface area contributed by atoms with Crippen molar-refractivity contribution in [2.24, 2.45) is 0 Å². The summed E-state index contributed by atoms with van der Waals surface area (Å²) in [6, 6.07) is 8.02. The lowest BCUT2D eigenvalue weighted by atomic mass is 10.1. The highest BCUT2D eigenvalue weighted by atomic mass is 16.5. The number of methoxy groups -OCH3 is 1. The molecule has 2 bridgehead atoms. The molecule has 2 fully saturated rings. The Bertz CT molecular complexity index is 1090. The average molecular weight is 423 g/mol. The van der Waals surface area contributed by atoms with Crippen LogP contribution in [0.2, 0.25) is 0 Å². The number of benzene rings is 1. The molecule has 1 unspecified atom stereocenters. The fourth-order valence-electron chi connectivity index (χ4n) is 4.77. The summed E-state index contributed by atoms with van der Waals surface area (Å²) in [4.78, 5) is 11.3. The van der Waals surface area contributed by atoms with E-state index in [-0.39, 0.29) is 12.0 Å². The molecule has 2 atom stereocenters. The van der Waals surface area contributed by atoms with Crippen LogP contribution in [0.1, 0.15) is 31.4 Å². The zero-order valence-electron chi connectivity index (χ0n) is 18.3. The normalized spacial score (nSPS) is 20.8. The summed E-state index contributed by atoms with van der Waals surface area (Å²) in [7, 11) is 1.72. The number of rotatable bonds is 7. The van der Waals surface area contributed by atoms with Gasteiger partial charge in [0.1, 0.15) is 16.8 Å². The smallest absolute Gasteiger partial charge is 0.222 e. The summed E-state index contributed by atoms with van der Waals surface area (Å²) >= 11 is 0. The van der Waals surface area contributed by atoms with Crippen LogP contribution in [0, 0.1) is 0 Å². The first-order valence-electron chi connectivity index (χ1n) is 10.9. The molecule has 2 aliphatic rings. The predicted molar refractivity (Wildman–Crippen MR) is 121 cm³/mol. The highest BCUT2D eigenvalue weighted by Crippen LogP contribution is 2.29. The van der Waals surface area contributed by atoms with Crippen LogP contribution in [0.4, 0.5) is 11.8 Å². The molecule has 0 saturated carbocycles. The van der Waals surface area contributed by atoms with Gasteiger partial charge in [-0.15, -0.1) is 0 Å². The second-order valence-electron chi connectivity index (χ2n) is 8.84. The SMILES string of the molecule is COc1cc(CN2CC3C[C@H]2CN3)ccc1Cn1ncc2nc(N)nc(NC(C)C)c21. The first kappa shape index (κ1) is 20.0. The number of aromatic nitrogens is 4. The van der Waals surface area contributed by atoms with Gasteiger partial charge in [-0.2, -0.15) is 10.1 Å². The van der Waals surface area contributed by atoms with Crippen molar-refractivity contribution in [3.8, 4) is 5.75 Å². The molecule has 164 valence electrons. The van der Waals surface area contributed by atoms with E-state index in [9.17, 15) is 0 Å². The van der Waals surface area contributed by atoms with Gasteiger partial charge in [-0.25, -0.2) is 4.98 Å². The number of nitrogen functional groups attached to an aromatic ring is 1. The standard InChI is InChI=1S/C22H30N8O/c1-13(2)26-21-20-18(27-22(23)28-21)9-25-30(20)11-15-5-4-14(6-19(15)31-3)10-29-12-16-7-17(29)8-24-16/h4-6,9,13,16-17,24H,7-8,10-12H2,1-3H3,(H3,23,26,27,28)/t16?,17-/m0/s1. The summed E-state index contributed by atoms with van der Waals surface area (Å²) in [5.41, 5.74) is 9.79. The highest BCUT2D eigenvalue weighted by Gasteiger charge is 2.37. The lowest BCUT2D eigenvalue weighted by Gasteiger charge is -2.27. The first-order chi connectivity index (χ1) is 15.0. The fraction of sp³-hybridized carbons (Fsp3) is 0.500. The zero-order valence-corrected chi connectivity index (χ0v) is 18.3. The minimum atomic E-state index is 0.214. The van der Waals surface area contributed by atoms with E-state index in [4.69, 9.17) is 10.5 Å². The number of ether oxygens (including phenoxy) is 1. The summed E-state index contributed by atoms with van der Waals surface area (Å²) in [6.45, 7) is 7.88. The largest absolute Gasteiger partial charge is 0.496 e. The summed E-state index contributed by atoms with van der Waals surface area (Å²) in [6.07, 6.45) is 3.00. The Morgan fingerprint density at radius 1 is 1.29 bits per heavy atom. The van der Waals surface area contributed by atoms with E-state index < -0.39 is 0 Å². The average Bonchev–Trinajstić information content (AvgIpc) is 3.44. The monoisotopic (exact) mass is 422 g/mol. The van der Waals surface area contributed by atoms with Gasteiger partial charge >= 0.3 is 0 Å². The van der Waals surface area contributed by atoms with Crippen molar-refractivity contribution in [3.63, 3.8) is 0 Å². The molecule has 9 heteroatoms. The van der Waals surface area contributed by atoms with Gasteiger partial charge in [-0.3, -0.25) is 9.58 Å². The van der Waals surface area contributed by atoms with Crippen LogP contribution in [0.3, 0.4) is 0 Å². The van der Waals surface area contributed by atoms with E-state index >= 15 is 0 Å². The van der Waals surface area contributed by atoms with Gasteiger partial charge in [-0.1, -0.05) is 12.1 Å². The van der Waals surface area contributed by atoms with Crippen molar-refractivity contribution >= 4 is 22.8 Å². The molecule has 2 saturated heterocycles. The Morgan fingerprint density at radius 3 is 2.87 bits per heavy atom. The van der Waals surface area contributed by atoms with Crippen LogP contribution in [-0.2, 0) is 13.1 Å². The molecule has 2 aromatic heterocycles. The van der Waals surface area contributed by atoms with Crippen LogP contribution in [-0.4, -0.2) is 63.0 Å². The van der Waals surface area contributed by atoms with Gasteiger partial charge in [0.2, 0.25) is 5.95 Å². The van der Waals surface area contributed by atoms with Gasteiger partial charge < -0.3 is 21.1 Å². The molecule has 1 aromatic carbocycles. The second-order valence-corrected chi connectivity index (χ2v) is 8.84. The van der Waals surface area contributed by atoms with Gasteiger partial charge in [0.25, 0.3) is 0 Å². The number of nitrogens with two attached hydrogens (primary N) is 1. The van der Waals surface area contributed by atoms with Crippen LogP contribution < -0.4 is 21.1 Å². The molecule has 0 amide bonds. The van der Waals surface area contributed by atoms with E-state index in [2.05, 4.69) is 62.6 Å². The van der Waals surface area contributed by atoms with Gasteiger partial charge in [0.15, 0.2) is 5.82 Å². The molecular weight excluding hydrogens is 392 g/mol. The van der Waals surface area contributed by atoms with Gasteiger partial charge in [-0.05, 0) is 31.9 Å². The van der Waals surface area contributed by atoms with Gasteiger partial charge in [0.05, 0.1) is 19.9 Å². The molecule has 5 rings (SSSR count). The lowest BCUT2D eigenvalue weighted by molar-refractivity contribution is 0.217. The Balaban J connectivity index is 1.41. The van der Waals surface area contributed by atoms with Crippen molar-refractivity contribution in [1.29, 1.82) is 0 Å². The summed E-state index contributed by atoms with van der Waals surface area (Å²) < 4.78 is 7.65. The van der Waals surface area contributed by atoms with E-state index in [1.807, 2.05) is 4.68 Å². The number of piperazine rings is 1. The molecule has 2 aliphatic heterocycles. The summed E-state index contributed by atoms with van der Waals surface area (Å²) in [5, 5.41) is 11.5. The minimum absolute atomic E-state index is 0.214. The Labute approximate surface area is 182 Å². The molecule has 0 radical (unpaired) electrons. The molecule has 0 spiro atoms. The third kappa shape index (κ3) is 3.90. The van der Waals surface area contributed by atoms with Gasteiger partial charge in [0, 0.05) is 43.3 Å². The van der Waals surface area contributed by atoms with E-state index in [0.717, 1.165) is 42.0 Å². The number of fused-ring (bicyclic) bond motifs is 3. The van der Waals surface area contributed by atoms with E-state index in [0.29, 0.717) is 24.4 Å². The topological polar surface area (TPSA) is 106 Å². The number of likely N-dealkylation sites (tertiary alicyclic amines) is 1. The third-order valence-electron chi connectivity index (χ3n) is 6.16. The number of hydrogen-bond acceptors (Lipinski definition) is 8. The predicted octanol–water partition coefficient (Wildman–Crippen LogP) is 1.83. The maximum atomic E-state index is 5.89. The zero-order chi connectivity index (χ0) is 21.5. The molecular formula is C22H30N8O. The van der Waals surface area contributed by atoms with Crippen LogP contribution in [0.25, 0.3) is 11.0 Å². The molecule has 9 nitrogen and oxygen atoms in total.